The van der Waals surface area contributed by atoms with Crippen LogP contribution in [0.1, 0.15) is 16.8 Å². The maximum absolute atomic E-state index is 9.17. The highest BCUT2D eigenvalue weighted by Gasteiger charge is 2.11. The van der Waals surface area contributed by atoms with Crippen LogP contribution in [0.15, 0.2) is 60.4 Å². The number of hydrogen-bond acceptors (Lipinski definition) is 3. The van der Waals surface area contributed by atoms with E-state index in [1.807, 2.05) is 36.4 Å². The highest BCUT2D eigenvalue weighted by atomic mass is 16.4. The normalized spacial score (nSPS) is 11.2. The maximum atomic E-state index is 9.17. The van der Waals surface area contributed by atoms with Crippen molar-refractivity contribution in [3.8, 4) is 0 Å². The van der Waals surface area contributed by atoms with Gasteiger partial charge in [0.05, 0.1) is 5.69 Å². The molecule has 0 saturated carbocycles. The van der Waals surface area contributed by atoms with E-state index >= 15 is 0 Å². The standard InChI is InChI=1S/C14H12N2O/c1-2-11-7-3-4-8-12(11)14(16-17)13-9-5-6-10-15-13/h2-10,17H,1H2/b16-14+. The van der Waals surface area contributed by atoms with E-state index in [0.717, 1.165) is 11.1 Å². The zero-order chi connectivity index (χ0) is 12.1. The molecule has 84 valence electrons. The van der Waals surface area contributed by atoms with E-state index in [4.69, 9.17) is 5.21 Å². The molecule has 17 heavy (non-hydrogen) atoms. The van der Waals surface area contributed by atoms with Gasteiger partial charge in [-0.2, -0.15) is 0 Å². The van der Waals surface area contributed by atoms with Gasteiger partial charge in [0.2, 0.25) is 0 Å². The first kappa shape index (κ1) is 11.1. The average Bonchev–Trinajstić information content (AvgIpc) is 2.41. The number of nitrogens with zero attached hydrogens (tertiary/aromatic N) is 2. The Labute approximate surface area is 99.8 Å². The molecule has 2 aromatic rings. The third-order valence-electron chi connectivity index (χ3n) is 2.44. The topological polar surface area (TPSA) is 45.5 Å². The Kier molecular flexibility index (Phi) is 3.31. The molecule has 1 aromatic heterocycles. The third kappa shape index (κ3) is 2.23. The Morgan fingerprint density at radius 2 is 1.94 bits per heavy atom. The minimum absolute atomic E-state index is 0.445. The van der Waals surface area contributed by atoms with Crippen LogP contribution in [-0.2, 0) is 0 Å². The molecular formula is C14H12N2O. The fourth-order valence-corrected chi connectivity index (χ4v) is 1.64. The zero-order valence-electron chi connectivity index (χ0n) is 9.24. The van der Waals surface area contributed by atoms with Gasteiger partial charge in [-0.15, -0.1) is 0 Å². The second kappa shape index (κ2) is 5.07. The zero-order valence-corrected chi connectivity index (χ0v) is 9.24. The minimum Gasteiger partial charge on any atom is -0.410 e. The van der Waals surface area contributed by atoms with Crippen LogP contribution in [-0.4, -0.2) is 15.9 Å². The summed E-state index contributed by atoms with van der Waals surface area (Å²) < 4.78 is 0. The van der Waals surface area contributed by atoms with E-state index in [9.17, 15) is 0 Å². The van der Waals surface area contributed by atoms with Crippen LogP contribution in [0.2, 0.25) is 0 Å². The molecule has 0 bridgehead atoms. The van der Waals surface area contributed by atoms with Gasteiger partial charge < -0.3 is 5.21 Å². The summed E-state index contributed by atoms with van der Waals surface area (Å²) in [6.45, 7) is 3.74. The van der Waals surface area contributed by atoms with Crippen molar-refractivity contribution in [2.24, 2.45) is 5.16 Å². The molecule has 0 aliphatic carbocycles. The molecule has 0 aliphatic rings. The fourth-order valence-electron chi connectivity index (χ4n) is 1.64. The van der Waals surface area contributed by atoms with Gasteiger partial charge in [-0.1, -0.05) is 48.1 Å². The summed E-state index contributed by atoms with van der Waals surface area (Å²) in [5.41, 5.74) is 2.79. The molecule has 0 radical (unpaired) electrons. The molecule has 0 saturated heterocycles. The first-order valence-electron chi connectivity index (χ1n) is 5.22. The van der Waals surface area contributed by atoms with Crippen molar-refractivity contribution in [3.63, 3.8) is 0 Å². The van der Waals surface area contributed by atoms with Gasteiger partial charge in [0.15, 0.2) is 0 Å². The van der Waals surface area contributed by atoms with Crippen LogP contribution in [0.3, 0.4) is 0 Å². The van der Waals surface area contributed by atoms with Gasteiger partial charge in [0.25, 0.3) is 0 Å². The highest BCUT2D eigenvalue weighted by molar-refractivity contribution is 6.13. The van der Waals surface area contributed by atoms with Crippen LogP contribution >= 0.6 is 0 Å². The number of oxime groups is 1. The van der Waals surface area contributed by atoms with E-state index < -0.39 is 0 Å². The van der Waals surface area contributed by atoms with Crippen LogP contribution in [0.4, 0.5) is 0 Å². The monoisotopic (exact) mass is 224 g/mol. The van der Waals surface area contributed by atoms with Gasteiger partial charge in [-0.25, -0.2) is 0 Å². The van der Waals surface area contributed by atoms with Gasteiger partial charge in [-0.05, 0) is 17.7 Å². The molecule has 0 aliphatic heterocycles. The second-order valence-corrected chi connectivity index (χ2v) is 3.45. The lowest BCUT2D eigenvalue weighted by Crippen LogP contribution is -2.07. The smallest absolute Gasteiger partial charge is 0.136 e. The quantitative estimate of drug-likeness (QED) is 0.495. The van der Waals surface area contributed by atoms with Gasteiger partial charge in [0.1, 0.15) is 5.71 Å². The number of pyridine rings is 1. The van der Waals surface area contributed by atoms with Crippen molar-refractivity contribution in [1.29, 1.82) is 0 Å². The largest absolute Gasteiger partial charge is 0.410 e. The minimum atomic E-state index is 0.445. The lowest BCUT2D eigenvalue weighted by atomic mass is 10.0. The molecule has 1 N–H and O–H groups in total. The van der Waals surface area contributed by atoms with Crippen LogP contribution in [0, 0.1) is 0 Å². The predicted molar refractivity (Wildman–Crippen MR) is 68.2 cm³/mol. The summed E-state index contributed by atoms with van der Waals surface area (Å²) in [5, 5.41) is 12.5. The van der Waals surface area contributed by atoms with Crippen LogP contribution < -0.4 is 0 Å². The molecule has 0 spiro atoms. The Morgan fingerprint density at radius 3 is 2.59 bits per heavy atom. The van der Waals surface area contributed by atoms with Crippen LogP contribution in [0.25, 0.3) is 6.08 Å². The maximum Gasteiger partial charge on any atom is 0.136 e. The molecule has 0 fully saturated rings. The van der Waals surface area contributed by atoms with Crippen molar-refractivity contribution < 1.29 is 5.21 Å². The molecule has 1 heterocycles. The molecule has 0 amide bonds. The number of benzene rings is 1. The Hall–Kier alpha value is -2.42. The molecular weight excluding hydrogens is 212 g/mol. The Bertz CT molecular complexity index is 547. The summed E-state index contributed by atoms with van der Waals surface area (Å²) in [5.74, 6) is 0. The average molecular weight is 224 g/mol. The first-order valence-corrected chi connectivity index (χ1v) is 5.22. The Morgan fingerprint density at radius 1 is 1.18 bits per heavy atom. The summed E-state index contributed by atoms with van der Waals surface area (Å²) in [7, 11) is 0. The predicted octanol–water partition coefficient (Wildman–Crippen LogP) is 2.95. The van der Waals surface area contributed by atoms with E-state index in [-0.39, 0.29) is 0 Å². The van der Waals surface area contributed by atoms with Gasteiger partial charge in [-0.3, -0.25) is 4.98 Å². The van der Waals surface area contributed by atoms with E-state index in [0.29, 0.717) is 11.4 Å². The first-order chi connectivity index (χ1) is 8.36. The SMILES string of the molecule is C=Cc1ccccc1/C(=N\O)c1ccccn1. The fraction of sp³-hybridized carbons (Fsp3) is 0. The van der Waals surface area contributed by atoms with Crippen molar-refractivity contribution in [2.45, 2.75) is 0 Å². The van der Waals surface area contributed by atoms with E-state index in [1.165, 1.54) is 0 Å². The Balaban J connectivity index is 2.55. The third-order valence-corrected chi connectivity index (χ3v) is 2.44. The summed E-state index contributed by atoms with van der Waals surface area (Å²) in [6, 6.07) is 13.1. The number of rotatable bonds is 3. The lowest BCUT2D eigenvalue weighted by Gasteiger charge is -2.07. The number of aromatic nitrogens is 1. The second-order valence-electron chi connectivity index (χ2n) is 3.45. The number of hydrogen-bond donors (Lipinski definition) is 1. The molecule has 2 rings (SSSR count). The van der Waals surface area contributed by atoms with Gasteiger partial charge in [0, 0.05) is 11.8 Å². The molecule has 0 unspecified atom stereocenters. The molecule has 3 heteroatoms. The van der Waals surface area contributed by atoms with Crippen LogP contribution in [0.5, 0.6) is 0 Å². The van der Waals surface area contributed by atoms with E-state index in [1.54, 1.807) is 18.3 Å². The van der Waals surface area contributed by atoms with Crippen molar-refractivity contribution in [1.82, 2.24) is 4.98 Å². The summed E-state index contributed by atoms with van der Waals surface area (Å²) >= 11 is 0. The van der Waals surface area contributed by atoms with Crippen molar-refractivity contribution in [3.05, 3.63) is 72.1 Å². The summed E-state index contributed by atoms with van der Waals surface area (Å²) in [6.07, 6.45) is 3.39. The summed E-state index contributed by atoms with van der Waals surface area (Å²) in [4.78, 5) is 4.18. The van der Waals surface area contributed by atoms with E-state index in [2.05, 4.69) is 16.7 Å². The van der Waals surface area contributed by atoms with Crippen molar-refractivity contribution >= 4 is 11.8 Å². The van der Waals surface area contributed by atoms with Gasteiger partial charge >= 0.3 is 0 Å². The molecule has 1 aromatic carbocycles. The lowest BCUT2D eigenvalue weighted by molar-refractivity contribution is 0.319. The molecule has 3 nitrogen and oxygen atoms in total. The molecule has 0 atom stereocenters. The highest BCUT2D eigenvalue weighted by Crippen LogP contribution is 2.15. The van der Waals surface area contributed by atoms with Crippen molar-refractivity contribution in [2.75, 3.05) is 0 Å².